The van der Waals surface area contributed by atoms with E-state index in [-0.39, 0.29) is 0 Å². The van der Waals surface area contributed by atoms with Gasteiger partial charge in [0.05, 0.1) is 5.88 Å². The summed E-state index contributed by atoms with van der Waals surface area (Å²) in [6.07, 6.45) is 2.42. The number of aromatic nitrogens is 3. The van der Waals surface area contributed by atoms with Crippen LogP contribution in [0.4, 0.5) is 0 Å². The Morgan fingerprint density at radius 3 is 2.72 bits per heavy atom. The summed E-state index contributed by atoms with van der Waals surface area (Å²) in [5, 5.41) is 8.57. The van der Waals surface area contributed by atoms with E-state index in [2.05, 4.69) is 46.8 Å². The van der Waals surface area contributed by atoms with Crippen LogP contribution in [0.15, 0.2) is 18.2 Å². The van der Waals surface area contributed by atoms with Gasteiger partial charge in [0.15, 0.2) is 5.82 Å². The number of benzene rings is 1. The van der Waals surface area contributed by atoms with Gasteiger partial charge in [0, 0.05) is 11.6 Å². The smallest absolute Gasteiger partial charge is 0.164 e. The van der Waals surface area contributed by atoms with Crippen molar-refractivity contribution in [1.29, 1.82) is 0 Å². The Morgan fingerprint density at radius 2 is 2.06 bits per heavy atom. The molecule has 0 spiro atoms. The Bertz CT molecular complexity index is 585. The van der Waals surface area contributed by atoms with Gasteiger partial charge in [-0.25, -0.2) is 0 Å². The molecule has 0 N–H and O–H groups in total. The van der Waals surface area contributed by atoms with E-state index in [4.69, 9.17) is 11.6 Å². The van der Waals surface area contributed by atoms with E-state index in [9.17, 15) is 0 Å². The van der Waals surface area contributed by atoms with Crippen LogP contribution >= 0.6 is 11.6 Å². The minimum absolute atomic E-state index is 0.425. The van der Waals surface area contributed by atoms with Crippen LogP contribution in [-0.4, -0.2) is 14.8 Å². The molecule has 1 aliphatic carbocycles. The molecule has 1 aromatic carbocycles. The molecule has 1 aromatic heterocycles. The summed E-state index contributed by atoms with van der Waals surface area (Å²) in [5.74, 6) is 2.28. The van der Waals surface area contributed by atoms with Crippen LogP contribution in [0.2, 0.25) is 0 Å². The normalized spacial score (nSPS) is 15.1. The summed E-state index contributed by atoms with van der Waals surface area (Å²) in [6, 6.07) is 6.86. The predicted octanol–water partition coefficient (Wildman–Crippen LogP) is 3.64. The number of nitrogens with zero attached hydrogens (tertiary/aromatic N) is 3. The monoisotopic (exact) mass is 261 g/mol. The molecule has 4 heteroatoms. The van der Waals surface area contributed by atoms with Crippen molar-refractivity contribution in [3.05, 3.63) is 35.2 Å². The lowest BCUT2D eigenvalue weighted by atomic mass is 10.0. The van der Waals surface area contributed by atoms with Gasteiger partial charge in [-0.3, -0.25) is 0 Å². The molecule has 0 aliphatic heterocycles. The molecule has 18 heavy (non-hydrogen) atoms. The van der Waals surface area contributed by atoms with E-state index in [1.807, 2.05) is 0 Å². The number of halogens is 1. The molecule has 3 nitrogen and oxygen atoms in total. The molecule has 0 bridgehead atoms. The second kappa shape index (κ2) is 4.39. The largest absolute Gasteiger partial charge is 0.307 e. The van der Waals surface area contributed by atoms with Crippen molar-refractivity contribution in [2.45, 2.75) is 38.6 Å². The molecule has 0 atom stereocenters. The van der Waals surface area contributed by atoms with Gasteiger partial charge in [-0.15, -0.1) is 21.8 Å². The number of aryl methyl sites for hydroxylation is 1. The maximum atomic E-state index is 5.95. The van der Waals surface area contributed by atoms with E-state index in [1.54, 1.807) is 0 Å². The van der Waals surface area contributed by atoms with Crippen molar-refractivity contribution in [2.24, 2.45) is 0 Å². The summed E-state index contributed by atoms with van der Waals surface area (Å²) in [5.41, 5.74) is 3.73. The summed E-state index contributed by atoms with van der Waals surface area (Å²) in [6.45, 7) is 4.26. The van der Waals surface area contributed by atoms with Crippen molar-refractivity contribution in [2.75, 3.05) is 0 Å². The topological polar surface area (TPSA) is 30.7 Å². The van der Waals surface area contributed by atoms with E-state index < -0.39 is 0 Å². The average Bonchev–Trinajstić information content (AvgIpc) is 3.12. The van der Waals surface area contributed by atoms with Crippen LogP contribution < -0.4 is 0 Å². The fourth-order valence-corrected chi connectivity index (χ4v) is 2.49. The Kier molecular flexibility index (Phi) is 2.86. The average molecular weight is 262 g/mol. The van der Waals surface area contributed by atoms with Gasteiger partial charge < -0.3 is 4.57 Å². The van der Waals surface area contributed by atoms with E-state index in [0.29, 0.717) is 11.9 Å². The lowest BCUT2D eigenvalue weighted by Crippen LogP contribution is -2.03. The Morgan fingerprint density at radius 1 is 1.28 bits per heavy atom. The van der Waals surface area contributed by atoms with Gasteiger partial charge in [-0.2, -0.15) is 0 Å². The fourth-order valence-electron chi connectivity index (χ4n) is 2.31. The highest BCUT2D eigenvalue weighted by atomic mass is 35.5. The zero-order chi connectivity index (χ0) is 12.7. The molecular weight excluding hydrogens is 246 g/mol. The summed E-state index contributed by atoms with van der Waals surface area (Å²) < 4.78 is 2.22. The number of alkyl halides is 1. The third-order valence-electron chi connectivity index (χ3n) is 3.64. The first kappa shape index (κ1) is 11.7. The van der Waals surface area contributed by atoms with Crippen LogP contribution in [0, 0.1) is 13.8 Å². The minimum Gasteiger partial charge on any atom is -0.307 e. The third-order valence-corrected chi connectivity index (χ3v) is 3.88. The Balaban J connectivity index is 2.17. The van der Waals surface area contributed by atoms with Crippen LogP contribution in [0.1, 0.15) is 35.8 Å². The highest BCUT2D eigenvalue weighted by Gasteiger charge is 2.29. The number of hydrogen-bond acceptors (Lipinski definition) is 2. The first-order valence-corrected chi connectivity index (χ1v) is 6.82. The zero-order valence-electron chi connectivity index (χ0n) is 10.7. The first-order chi connectivity index (χ1) is 8.72. The molecule has 0 saturated heterocycles. The van der Waals surface area contributed by atoms with Crippen LogP contribution in [0.25, 0.3) is 11.4 Å². The molecule has 0 unspecified atom stereocenters. The molecule has 1 fully saturated rings. The molecule has 3 rings (SSSR count). The second-order valence-electron chi connectivity index (χ2n) is 4.92. The lowest BCUT2D eigenvalue weighted by Gasteiger charge is -2.11. The van der Waals surface area contributed by atoms with Gasteiger partial charge in [0.2, 0.25) is 0 Å². The highest BCUT2D eigenvalue weighted by molar-refractivity contribution is 6.16. The maximum absolute atomic E-state index is 5.95. The SMILES string of the molecule is Cc1cccc(-c2nnc(CCl)n2C2CC2)c1C. The van der Waals surface area contributed by atoms with Crippen LogP contribution in [0.5, 0.6) is 0 Å². The fraction of sp³-hybridized carbons (Fsp3) is 0.429. The summed E-state index contributed by atoms with van der Waals surface area (Å²) in [4.78, 5) is 0. The standard InChI is InChI=1S/C14H16ClN3/c1-9-4-3-5-12(10(9)2)14-17-16-13(8-15)18(14)11-6-7-11/h3-5,11H,6-8H2,1-2H3. The lowest BCUT2D eigenvalue weighted by molar-refractivity contribution is 0.711. The van der Waals surface area contributed by atoms with Crippen molar-refractivity contribution in [1.82, 2.24) is 14.8 Å². The minimum atomic E-state index is 0.425. The Hall–Kier alpha value is -1.35. The second-order valence-corrected chi connectivity index (χ2v) is 5.19. The van der Waals surface area contributed by atoms with Crippen LogP contribution in [-0.2, 0) is 5.88 Å². The van der Waals surface area contributed by atoms with Crippen molar-refractivity contribution in [3.8, 4) is 11.4 Å². The predicted molar refractivity (Wildman–Crippen MR) is 72.8 cm³/mol. The molecule has 0 amide bonds. The van der Waals surface area contributed by atoms with Gasteiger partial charge >= 0.3 is 0 Å². The van der Waals surface area contributed by atoms with E-state index in [1.165, 1.54) is 29.5 Å². The number of rotatable bonds is 3. The third kappa shape index (κ3) is 1.83. The van der Waals surface area contributed by atoms with E-state index in [0.717, 1.165) is 11.6 Å². The van der Waals surface area contributed by atoms with Crippen molar-refractivity contribution < 1.29 is 0 Å². The number of hydrogen-bond donors (Lipinski definition) is 0. The molecular formula is C14H16ClN3. The van der Waals surface area contributed by atoms with Crippen LogP contribution in [0.3, 0.4) is 0 Å². The Labute approximate surface area is 112 Å². The molecule has 2 aromatic rings. The van der Waals surface area contributed by atoms with Crippen molar-refractivity contribution in [3.63, 3.8) is 0 Å². The van der Waals surface area contributed by atoms with Gasteiger partial charge in [-0.1, -0.05) is 18.2 Å². The summed E-state index contributed by atoms with van der Waals surface area (Å²) in [7, 11) is 0. The van der Waals surface area contributed by atoms with E-state index >= 15 is 0 Å². The molecule has 94 valence electrons. The molecule has 0 radical (unpaired) electrons. The molecule has 1 heterocycles. The molecule has 1 saturated carbocycles. The van der Waals surface area contributed by atoms with Gasteiger partial charge in [-0.05, 0) is 37.8 Å². The first-order valence-electron chi connectivity index (χ1n) is 6.28. The zero-order valence-corrected chi connectivity index (χ0v) is 11.4. The maximum Gasteiger partial charge on any atom is 0.164 e. The van der Waals surface area contributed by atoms with Crippen molar-refractivity contribution >= 4 is 11.6 Å². The quantitative estimate of drug-likeness (QED) is 0.790. The highest BCUT2D eigenvalue weighted by Crippen LogP contribution is 2.39. The molecule has 1 aliphatic rings. The summed E-state index contributed by atoms with van der Waals surface area (Å²) >= 11 is 5.95. The van der Waals surface area contributed by atoms with Gasteiger partial charge in [0.1, 0.15) is 5.82 Å². The van der Waals surface area contributed by atoms with Gasteiger partial charge in [0.25, 0.3) is 0 Å².